The van der Waals surface area contributed by atoms with Crippen LogP contribution in [0.5, 0.6) is 0 Å². The summed E-state index contributed by atoms with van der Waals surface area (Å²) in [7, 11) is -2.57. The third kappa shape index (κ3) is 23.4. The molecule has 222 valence electrons. The predicted octanol–water partition coefficient (Wildman–Crippen LogP) is 9.11. The number of rotatable bonds is 26. The molecule has 1 N–H and O–H groups in total. The van der Waals surface area contributed by atoms with Gasteiger partial charge in [0.05, 0.1) is 18.8 Å². The lowest BCUT2D eigenvalue weighted by molar-refractivity contribution is -0.171. The van der Waals surface area contributed by atoms with Gasteiger partial charge < -0.3 is 10.1 Å². The van der Waals surface area contributed by atoms with Crippen molar-refractivity contribution in [3.8, 4) is 0 Å². The van der Waals surface area contributed by atoms with Crippen LogP contribution in [0.3, 0.4) is 0 Å². The highest BCUT2D eigenvalue weighted by atomic mass is 79.9. The van der Waals surface area contributed by atoms with Crippen molar-refractivity contribution in [3.63, 3.8) is 0 Å². The number of phosphoric ester groups is 1. The zero-order valence-corrected chi connectivity index (χ0v) is 26.7. The first-order valence-corrected chi connectivity index (χ1v) is 16.9. The van der Waals surface area contributed by atoms with Crippen molar-refractivity contribution >= 4 is 29.8 Å². The summed E-state index contributed by atoms with van der Waals surface area (Å²) in [5, 5.41) is 3.04. The molecule has 0 aliphatic heterocycles. The molecular weight excluding hydrogens is 561 g/mol. The number of alkyl halides is 1. The largest absolute Gasteiger partial charge is 0.511 e. The summed E-state index contributed by atoms with van der Waals surface area (Å²) in [4.78, 5) is 16.6. The monoisotopic (exact) mass is 615 g/mol. The maximum absolute atomic E-state index is 12.7. The second-order valence-corrected chi connectivity index (χ2v) is 12.9. The molecule has 0 aliphatic rings. The van der Waals surface area contributed by atoms with Crippen molar-refractivity contribution in [2.75, 3.05) is 32.2 Å². The number of methoxy groups -OCH3 is 1. The molecule has 0 spiro atoms. The van der Waals surface area contributed by atoms with Gasteiger partial charge in [-0.05, 0) is 26.2 Å². The first kappa shape index (κ1) is 36.8. The minimum Gasteiger partial charge on any atom is -0.376 e. The molecule has 2 atom stereocenters. The lowest BCUT2D eigenvalue weighted by Gasteiger charge is -2.24. The number of carbonyl (C=O) groups excluding carboxylic acids is 1. The van der Waals surface area contributed by atoms with E-state index >= 15 is 0 Å². The van der Waals surface area contributed by atoms with E-state index in [0.717, 1.165) is 12.8 Å². The molecule has 0 saturated carbocycles. The third-order valence-electron chi connectivity index (χ3n) is 6.36. The van der Waals surface area contributed by atoms with Gasteiger partial charge in [0.2, 0.25) is 0 Å². The molecule has 0 aromatic rings. The highest BCUT2D eigenvalue weighted by Gasteiger charge is 2.33. The topological polar surface area (TPSA) is 92.3 Å². The van der Waals surface area contributed by atoms with Crippen LogP contribution >= 0.6 is 23.8 Å². The van der Waals surface area contributed by atoms with Crippen LogP contribution in [0.4, 0.5) is 4.79 Å². The summed E-state index contributed by atoms with van der Waals surface area (Å²) in [5.74, 6) is 0.502. The first-order chi connectivity index (χ1) is 17.7. The summed E-state index contributed by atoms with van der Waals surface area (Å²) in [5.41, 5.74) is -0.706. The first-order valence-electron chi connectivity index (χ1n) is 14.3. The van der Waals surface area contributed by atoms with Crippen LogP contribution < -0.4 is 5.32 Å². The molecular formula is C27H55BrNO7P. The van der Waals surface area contributed by atoms with Crippen molar-refractivity contribution in [3.05, 3.63) is 0 Å². The molecule has 10 heteroatoms. The number of unbranched alkanes of at least 4 members (excludes halogenated alkanes) is 12. The van der Waals surface area contributed by atoms with E-state index in [1.807, 2.05) is 0 Å². The smallest absolute Gasteiger partial charge is 0.376 e. The highest BCUT2D eigenvalue weighted by Crippen LogP contribution is 2.50. The van der Waals surface area contributed by atoms with Gasteiger partial charge >= 0.3 is 13.9 Å². The SMILES string of the molecule is CCCCCCCCCCCCCCCC(C)CCNC(=O)OOP(=O)(OCCBr)OCC(C)(C)OC. The molecule has 0 saturated heterocycles. The van der Waals surface area contributed by atoms with Crippen molar-refractivity contribution in [2.45, 2.75) is 130 Å². The van der Waals surface area contributed by atoms with Crippen LogP contribution in [0.2, 0.25) is 0 Å². The normalized spacial score (nSPS) is 14.3. The summed E-state index contributed by atoms with van der Waals surface area (Å²) < 4.78 is 33.1. The van der Waals surface area contributed by atoms with Crippen LogP contribution in [0.25, 0.3) is 0 Å². The molecule has 0 radical (unpaired) electrons. The van der Waals surface area contributed by atoms with E-state index in [-0.39, 0.29) is 13.2 Å². The van der Waals surface area contributed by atoms with Gasteiger partial charge in [0.1, 0.15) is 0 Å². The fourth-order valence-electron chi connectivity index (χ4n) is 3.70. The maximum Gasteiger partial charge on any atom is 0.511 e. The molecule has 0 aliphatic carbocycles. The average molecular weight is 617 g/mol. The van der Waals surface area contributed by atoms with E-state index in [1.165, 1.54) is 90.6 Å². The van der Waals surface area contributed by atoms with Gasteiger partial charge in [-0.3, -0.25) is 13.9 Å². The zero-order valence-electron chi connectivity index (χ0n) is 24.2. The Balaban J connectivity index is 3.84. The summed E-state index contributed by atoms with van der Waals surface area (Å²) in [6.07, 6.45) is 18.8. The molecule has 37 heavy (non-hydrogen) atoms. The molecule has 0 heterocycles. The number of hydrogen-bond acceptors (Lipinski definition) is 7. The fraction of sp³-hybridized carbons (Fsp3) is 0.963. The highest BCUT2D eigenvalue weighted by molar-refractivity contribution is 9.09. The van der Waals surface area contributed by atoms with Crippen LogP contribution in [0.15, 0.2) is 0 Å². The van der Waals surface area contributed by atoms with Crippen LogP contribution in [0.1, 0.15) is 124 Å². The molecule has 0 aromatic carbocycles. The quantitative estimate of drug-likeness (QED) is 0.0341. The second-order valence-electron chi connectivity index (χ2n) is 10.5. The molecule has 0 bridgehead atoms. The Bertz CT molecular complexity index is 595. The van der Waals surface area contributed by atoms with E-state index in [4.69, 9.17) is 18.5 Å². The van der Waals surface area contributed by atoms with Crippen molar-refractivity contribution in [2.24, 2.45) is 5.92 Å². The molecule has 0 fully saturated rings. The Morgan fingerprint density at radius 2 is 1.43 bits per heavy atom. The van der Waals surface area contributed by atoms with Crippen molar-refractivity contribution in [1.29, 1.82) is 0 Å². The van der Waals surface area contributed by atoms with Crippen LogP contribution in [-0.4, -0.2) is 43.9 Å². The predicted molar refractivity (Wildman–Crippen MR) is 154 cm³/mol. The van der Waals surface area contributed by atoms with E-state index < -0.39 is 19.5 Å². The zero-order chi connectivity index (χ0) is 27.8. The van der Waals surface area contributed by atoms with E-state index in [1.54, 1.807) is 13.8 Å². The maximum atomic E-state index is 12.7. The average Bonchev–Trinajstić information content (AvgIpc) is 2.88. The number of carbonyl (C=O) groups is 1. The number of phosphoric acid groups is 1. The molecule has 2 unspecified atom stereocenters. The number of ether oxygens (including phenoxy) is 1. The van der Waals surface area contributed by atoms with E-state index in [2.05, 4.69) is 40.0 Å². The van der Waals surface area contributed by atoms with E-state index in [9.17, 15) is 9.36 Å². The molecule has 0 aromatic heterocycles. The minimum absolute atomic E-state index is 0.0619. The van der Waals surface area contributed by atoms with Crippen LogP contribution in [0, 0.1) is 5.92 Å². The number of hydrogen-bond donors (Lipinski definition) is 1. The number of halogens is 1. The Labute approximate surface area is 235 Å². The van der Waals surface area contributed by atoms with Crippen molar-refractivity contribution < 1.29 is 32.7 Å². The minimum atomic E-state index is -4.08. The van der Waals surface area contributed by atoms with Crippen LogP contribution in [-0.2, 0) is 27.9 Å². The Kier molecular flexibility index (Phi) is 23.6. The van der Waals surface area contributed by atoms with Gasteiger partial charge in [0.25, 0.3) is 0 Å². The summed E-state index contributed by atoms with van der Waals surface area (Å²) in [6, 6.07) is 0. The second kappa shape index (κ2) is 23.7. The molecule has 0 rings (SSSR count). The summed E-state index contributed by atoms with van der Waals surface area (Å²) in [6.45, 7) is 8.42. The lowest BCUT2D eigenvalue weighted by atomic mass is 9.98. The van der Waals surface area contributed by atoms with E-state index in [0.29, 0.717) is 17.8 Å². The molecule has 1 amide bonds. The fourth-order valence-corrected chi connectivity index (χ4v) is 5.22. The Morgan fingerprint density at radius 3 is 1.95 bits per heavy atom. The van der Waals surface area contributed by atoms with Gasteiger partial charge in [-0.25, -0.2) is 9.36 Å². The Hall–Kier alpha value is -0.180. The third-order valence-corrected chi connectivity index (χ3v) is 7.89. The standard InChI is InChI=1S/C27H55BrNO7P/c1-6-7-8-9-10-11-12-13-14-15-16-17-18-19-25(2)20-22-29-26(30)35-36-37(31,33-23-21-28)34-24-27(3,4)32-5/h25H,6-24H2,1-5H3,(H,29,30). The van der Waals surface area contributed by atoms with Crippen molar-refractivity contribution in [1.82, 2.24) is 5.32 Å². The Morgan fingerprint density at radius 1 is 0.892 bits per heavy atom. The van der Waals surface area contributed by atoms with Gasteiger partial charge in [-0.15, -0.1) is 0 Å². The summed E-state index contributed by atoms with van der Waals surface area (Å²) >= 11 is 3.18. The number of nitrogens with one attached hydrogen (secondary N) is 1. The van der Waals surface area contributed by atoms with Gasteiger partial charge in [0.15, 0.2) is 0 Å². The lowest BCUT2D eigenvalue weighted by Crippen LogP contribution is -2.29. The molecule has 8 nitrogen and oxygen atoms in total. The van der Waals surface area contributed by atoms with Gasteiger partial charge in [-0.1, -0.05) is 124 Å². The number of amides is 1. The van der Waals surface area contributed by atoms with Gasteiger partial charge in [-0.2, -0.15) is 0 Å². The van der Waals surface area contributed by atoms with Gasteiger partial charge in [0, 0.05) is 19.0 Å².